The van der Waals surface area contributed by atoms with Crippen LogP contribution >= 0.6 is 0 Å². The van der Waals surface area contributed by atoms with Gasteiger partial charge < -0.3 is 4.74 Å². The monoisotopic (exact) mass is 344 g/mol. The summed E-state index contributed by atoms with van der Waals surface area (Å²) in [5.41, 5.74) is 4.69. The fourth-order valence-electron chi connectivity index (χ4n) is 2.61. The van der Waals surface area contributed by atoms with Gasteiger partial charge in [-0.2, -0.15) is 0 Å². The molecular weight excluding hydrogens is 324 g/mol. The predicted molar refractivity (Wildman–Crippen MR) is 103 cm³/mol. The molecule has 26 heavy (non-hydrogen) atoms. The molecule has 0 N–H and O–H groups in total. The number of hydrogen-bond acceptors (Lipinski definition) is 4. The number of carbonyl (C=O) groups excluding carboxylic acids is 1. The summed E-state index contributed by atoms with van der Waals surface area (Å²) in [7, 11) is 0. The minimum absolute atomic E-state index is 0.220. The van der Waals surface area contributed by atoms with E-state index in [4.69, 9.17) is 9.73 Å². The van der Waals surface area contributed by atoms with Gasteiger partial charge in [0.1, 0.15) is 6.61 Å². The van der Waals surface area contributed by atoms with Crippen molar-refractivity contribution in [1.82, 2.24) is 4.98 Å². The average Bonchev–Trinajstić information content (AvgIpc) is 2.67. The lowest BCUT2D eigenvalue weighted by Gasteiger charge is -2.11. The molecule has 4 nitrogen and oxygen atoms in total. The van der Waals surface area contributed by atoms with Crippen molar-refractivity contribution in [3.8, 4) is 0 Å². The molecule has 2 aromatic carbocycles. The second-order valence-corrected chi connectivity index (χ2v) is 5.89. The van der Waals surface area contributed by atoms with Gasteiger partial charge in [0.05, 0.1) is 5.71 Å². The highest BCUT2D eigenvalue weighted by Crippen LogP contribution is 2.23. The Balaban J connectivity index is 2.06. The van der Waals surface area contributed by atoms with Crippen LogP contribution in [0.2, 0.25) is 0 Å². The molecule has 0 spiro atoms. The highest BCUT2D eigenvalue weighted by Gasteiger charge is 2.11. The van der Waals surface area contributed by atoms with E-state index >= 15 is 0 Å². The van der Waals surface area contributed by atoms with Crippen molar-refractivity contribution in [2.45, 2.75) is 20.5 Å². The van der Waals surface area contributed by atoms with Gasteiger partial charge in [0, 0.05) is 29.8 Å². The van der Waals surface area contributed by atoms with Crippen LogP contribution in [0, 0.1) is 6.92 Å². The quantitative estimate of drug-likeness (QED) is 0.501. The van der Waals surface area contributed by atoms with E-state index in [1.54, 1.807) is 6.20 Å². The normalized spacial score (nSPS) is 10.2. The molecule has 0 aliphatic carbocycles. The minimum atomic E-state index is -0.305. The van der Waals surface area contributed by atoms with E-state index < -0.39 is 0 Å². The summed E-state index contributed by atoms with van der Waals surface area (Å²) in [5.74, 6) is 0.317. The maximum atomic E-state index is 11.1. The number of benzene rings is 2. The maximum Gasteiger partial charge on any atom is 0.302 e. The maximum absolute atomic E-state index is 11.1. The summed E-state index contributed by atoms with van der Waals surface area (Å²) >= 11 is 0. The van der Waals surface area contributed by atoms with E-state index in [-0.39, 0.29) is 12.6 Å². The molecule has 0 unspecified atom stereocenters. The third-order valence-electron chi connectivity index (χ3n) is 4.03. The van der Waals surface area contributed by atoms with Gasteiger partial charge in [-0.3, -0.25) is 4.79 Å². The molecule has 130 valence electrons. The molecule has 0 fully saturated rings. The Morgan fingerprint density at radius 1 is 0.962 bits per heavy atom. The number of esters is 1. The van der Waals surface area contributed by atoms with Crippen molar-refractivity contribution in [1.29, 1.82) is 0 Å². The van der Waals surface area contributed by atoms with Crippen LogP contribution in [0.3, 0.4) is 0 Å². The van der Waals surface area contributed by atoms with E-state index in [1.807, 2.05) is 73.7 Å². The Morgan fingerprint density at radius 2 is 1.54 bits per heavy atom. The van der Waals surface area contributed by atoms with Crippen LogP contribution in [-0.4, -0.2) is 16.7 Å². The molecule has 0 saturated heterocycles. The Hall–Kier alpha value is -3.27. The van der Waals surface area contributed by atoms with Crippen molar-refractivity contribution in [3.63, 3.8) is 0 Å². The molecule has 0 bridgehead atoms. The number of ether oxygens (including phenoxy) is 1. The highest BCUT2D eigenvalue weighted by molar-refractivity contribution is 6.13. The molecule has 1 heterocycles. The van der Waals surface area contributed by atoms with E-state index in [2.05, 4.69) is 4.98 Å². The van der Waals surface area contributed by atoms with Crippen LogP contribution in [0.1, 0.15) is 29.2 Å². The first-order valence-corrected chi connectivity index (χ1v) is 8.42. The van der Waals surface area contributed by atoms with Crippen LogP contribution in [-0.2, 0) is 16.1 Å². The lowest BCUT2D eigenvalue weighted by Crippen LogP contribution is -2.04. The van der Waals surface area contributed by atoms with Gasteiger partial charge in [-0.05, 0) is 18.6 Å². The van der Waals surface area contributed by atoms with Crippen molar-refractivity contribution in [2.24, 2.45) is 4.99 Å². The van der Waals surface area contributed by atoms with E-state index in [1.165, 1.54) is 6.92 Å². The molecule has 0 aliphatic heterocycles. The number of aliphatic imine (C=N–C) groups is 1. The van der Waals surface area contributed by atoms with Gasteiger partial charge in [0.2, 0.25) is 0 Å². The minimum Gasteiger partial charge on any atom is -0.461 e. The zero-order chi connectivity index (χ0) is 18.4. The topological polar surface area (TPSA) is 51.5 Å². The predicted octanol–water partition coefficient (Wildman–Crippen LogP) is 4.62. The number of nitrogens with zero attached hydrogens (tertiary/aromatic N) is 2. The fraction of sp³-hybridized carbons (Fsp3) is 0.136. The van der Waals surface area contributed by atoms with Crippen molar-refractivity contribution < 1.29 is 9.53 Å². The zero-order valence-corrected chi connectivity index (χ0v) is 14.8. The van der Waals surface area contributed by atoms with Gasteiger partial charge >= 0.3 is 5.97 Å². The van der Waals surface area contributed by atoms with Crippen LogP contribution in [0.5, 0.6) is 0 Å². The first kappa shape index (κ1) is 17.5. The van der Waals surface area contributed by atoms with Gasteiger partial charge in [-0.25, -0.2) is 9.98 Å². The number of pyridine rings is 1. The largest absolute Gasteiger partial charge is 0.461 e. The van der Waals surface area contributed by atoms with Gasteiger partial charge in [-0.15, -0.1) is 0 Å². The molecular formula is C22H20N2O2. The molecule has 3 rings (SSSR count). The molecule has 0 atom stereocenters. The summed E-state index contributed by atoms with van der Waals surface area (Å²) in [4.78, 5) is 20.4. The van der Waals surface area contributed by atoms with E-state index in [9.17, 15) is 4.79 Å². The molecule has 0 radical (unpaired) electrons. The standard InChI is InChI=1S/C22H20N2O2/c1-16-20(15-26-17(2)25)13-14-23-22(16)24-21(18-9-5-3-6-10-18)19-11-7-4-8-12-19/h3-14H,15H2,1-2H3. The Kier molecular flexibility index (Phi) is 5.54. The van der Waals surface area contributed by atoms with Gasteiger partial charge in [0.25, 0.3) is 0 Å². The summed E-state index contributed by atoms with van der Waals surface area (Å²) in [6, 6.07) is 21.9. The van der Waals surface area contributed by atoms with E-state index in [0.29, 0.717) is 5.82 Å². The Bertz CT molecular complexity index is 878. The van der Waals surface area contributed by atoms with Crippen molar-refractivity contribution in [3.05, 3.63) is 95.2 Å². The number of carbonyl (C=O) groups is 1. The molecule has 1 aromatic heterocycles. The first-order chi connectivity index (χ1) is 12.6. The number of hydrogen-bond donors (Lipinski definition) is 0. The third-order valence-corrected chi connectivity index (χ3v) is 4.03. The summed E-state index contributed by atoms with van der Waals surface area (Å²) in [5, 5.41) is 0. The lowest BCUT2D eigenvalue weighted by molar-refractivity contribution is -0.142. The van der Waals surface area contributed by atoms with Crippen LogP contribution in [0.25, 0.3) is 0 Å². The molecule has 0 amide bonds. The smallest absolute Gasteiger partial charge is 0.302 e. The van der Waals surface area contributed by atoms with Gasteiger partial charge in [0.15, 0.2) is 5.82 Å². The average molecular weight is 344 g/mol. The SMILES string of the molecule is CC(=O)OCc1ccnc(N=C(c2ccccc2)c2ccccc2)c1C. The summed E-state index contributed by atoms with van der Waals surface area (Å²) in [6.07, 6.45) is 1.69. The number of rotatable bonds is 5. The van der Waals surface area contributed by atoms with Crippen LogP contribution in [0.15, 0.2) is 77.9 Å². The number of aromatic nitrogens is 1. The molecule has 3 aromatic rings. The third kappa shape index (κ3) is 4.22. The summed E-state index contributed by atoms with van der Waals surface area (Å²) in [6.45, 7) is 3.56. The first-order valence-electron chi connectivity index (χ1n) is 8.42. The van der Waals surface area contributed by atoms with Crippen molar-refractivity contribution >= 4 is 17.5 Å². The second kappa shape index (κ2) is 8.21. The summed E-state index contributed by atoms with van der Waals surface area (Å²) < 4.78 is 5.12. The Morgan fingerprint density at radius 3 is 2.08 bits per heavy atom. The second-order valence-electron chi connectivity index (χ2n) is 5.89. The van der Waals surface area contributed by atoms with Crippen LogP contribution < -0.4 is 0 Å². The Labute approximate surface area is 153 Å². The van der Waals surface area contributed by atoms with Crippen LogP contribution in [0.4, 0.5) is 5.82 Å². The van der Waals surface area contributed by atoms with E-state index in [0.717, 1.165) is 28.0 Å². The molecule has 0 aliphatic rings. The van der Waals surface area contributed by atoms with Gasteiger partial charge in [-0.1, -0.05) is 60.7 Å². The molecule has 0 saturated carbocycles. The highest BCUT2D eigenvalue weighted by atomic mass is 16.5. The molecule has 4 heteroatoms. The van der Waals surface area contributed by atoms with Crippen molar-refractivity contribution in [2.75, 3.05) is 0 Å². The lowest BCUT2D eigenvalue weighted by atomic mass is 10.0. The zero-order valence-electron chi connectivity index (χ0n) is 14.8. The fourth-order valence-corrected chi connectivity index (χ4v) is 2.61.